The summed E-state index contributed by atoms with van der Waals surface area (Å²) >= 11 is 0. The van der Waals surface area contributed by atoms with Gasteiger partial charge in [-0.1, -0.05) is 12.1 Å². The third kappa shape index (κ3) is 3.56. The lowest BCUT2D eigenvalue weighted by molar-refractivity contribution is 0.0654. The van der Waals surface area contributed by atoms with Crippen LogP contribution in [0.2, 0.25) is 0 Å². The Kier molecular flexibility index (Phi) is 4.75. The molecule has 0 aliphatic carbocycles. The van der Waals surface area contributed by atoms with Crippen molar-refractivity contribution in [2.45, 2.75) is 30.9 Å². The zero-order chi connectivity index (χ0) is 19.8. The fourth-order valence-corrected chi connectivity index (χ4v) is 3.34. The molecular weight excluding hydrogens is 372 g/mol. The van der Waals surface area contributed by atoms with Gasteiger partial charge in [0, 0.05) is 5.56 Å². The van der Waals surface area contributed by atoms with Gasteiger partial charge in [0.2, 0.25) is 0 Å². The number of nitrogens with zero attached hydrogens (tertiary/aromatic N) is 4. The second-order valence-corrected chi connectivity index (χ2v) is 8.53. The molecule has 0 bridgehead atoms. The van der Waals surface area contributed by atoms with Crippen LogP contribution in [0.25, 0.3) is 22.8 Å². The topological polar surface area (TPSA) is 136 Å². The summed E-state index contributed by atoms with van der Waals surface area (Å²) in [7, 11) is -3.36. The summed E-state index contributed by atoms with van der Waals surface area (Å²) in [5, 5.41) is 15.5. The number of hydrogen-bond acceptors (Lipinski definition) is 8. The van der Waals surface area contributed by atoms with Crippen LogP contribution >= 0.6 is 0 Å². The molecule has 0 radical (unpaired) electrons. The van der Waals surface area contributed by atoms with Crippen LogP contribution in [0.3, 0.4) is 0 Å². The zero-order valence-electron chi connectivity index (χ0n) is 14.7. The average molecular weight is 388 g/mol. The Hall–Kier alpha value is -3.14. The van der Waals surface area contributed by atoms with E-state index in [0.29, 0.717) is 17.0 Å². The van der Waals surface area contributed by atoms with Crippen LogP contribution in [0.4, 0.5) is 0 Å². The van der Waals surface area contributed by atoms with Crippen molar-refractivity contribution in [3.8, 4) is 22.8 Å². The van der Waals surface area contributed by atoms with E-state index in [1.165, 1.54) is 18.3 Å². The highest BCUT2D eigenvalue weighted by Crippen LogP contribution is 2.25. The summed E-state index contributed by atoms with van der Waals surface area (Å²) in [6.45, 7) is 4.92. The van der Waals surface area contributed by atoms with E-state index in [1.807, 2.05) is 0 Å². The van der Waals surface area contributed by atoms with Crippen molar-refractivity contribution in [2.24, 2.45) is 0 Å². The molecule has 3 aromatic rings. The van der Waals surface area contributed by atoms with Gasteiger partial charge in [-0.05, 0) is 32.9 Å². The van der Waals surface area contributed by atoms with Crippen molar-refractivity contribution in [2.75, 3.05) is 0 Å². The molecule has 0 amide bonds. The van der Waals surface area contributed by atoms with E-state index in [4.69, 9.17) is 9.52 Å². The number of aromatic nitrogens is 4. The molecule has 0 aliphatic heterocycles. The first-order valence-corrected chi connectivity index (χ1v) is 9.50. The van der Waals surface area contributed by atoms with E-state index >= 15 is 0 Å². The monoisotopic (exact) mass is 388 g/mol. The Balaban J connectivity index is 2.00. The Morgan fingerprint density at radius 1 is 1.15 bits per heavy atom. The second-order valence-electron chi connectivity index (χ2n) is 6.02. The zero-order valence-corrected chi connectivity index (χ0v) is 15.6. The number of aryl methyl sites for hydroxylation is 1. The molecule has 0 spiro atoms. The number of aromatic carboxylic acids is 1. The molecule has 3 rings (SSSR count). The van der Waals surface area contributed by atoms with Gasteiger partial charge in [-0.3, -0.25) is 4.98 Å². The third-order valence-electron chi connectivity index (χ3n) is 3.87. The minimum Gasteiger partial charge on any atom is -0.474 e. The molecule has 27 heavy (non-hydrogen) atoms. The Morgan fingerprint density at radius 2 is 1.81 bits per heavy atom. The van der Waals surface area contributed by atoms with E-state index in [2.05, 4.69) is 20.2 Å². The predicted octanol–water partition coefficient (Wildman–Crippen LogP) is 2.38. The van der Waals surface area contributed by atoms with Crippen molar-refractivity contribution in [3.63, 3.8) is 0 Å². The van der Waals surface area contributed by atoms with Gasteiger partial charge < -0.3 is 9.52 Å². The first kappa shape index (κ1) is 18.6. The maximum absolute atomic E-state index is 12.2. The molecule has 9 nitrogen and oxygen atoms in total. The third-order valence-corrected chi connectivity index (χ3v) is 6.04. The number of rotatable bonds is 5. The van der Waals surface area contributed by atoms with Crippen LogP contribution in [0.1, 0.15) is 30.2 Å². The molecule has 0 atom stereocenters. The molecule has 2 heterocycles. The number of carboxylic acids is 1. The summed E-state index contributed by atoms with van der Waals surface area (Å²) in [5.41, 5.74) is 1.84. The van der Waals surface area contributed by atoms with E-state index in [-0.39, 0.29) is 16.5 Å². The van der Waals surface area contributed by atoms with E-state index < -0.39 is 26.9 Å². The first-order chi connectivity index (χ1) is 12.7. The molecular formula is C17H16N4O5S. The van der Waals surface area contributed by atoms with E-state index in [1.54, 1.807) is 32.9 Å². The second kappa shape index (κ2) is 6.88. The maximum Gasteiger partial charge on any atom is 0.393 e. The molecule has 0 saturated carbocycles. The summed E-state index contributed by atoms with van der Waals surface area (Å²) in [6, 6.07) is 6.30. The SMILES string of the molecule is Cc1ncc(-c2ccc(S(=O)(=O)C(C)C)cc2)nc1-c1nnc(C(=O)O)o1. The van der Waals surface area contributed by atoms with Gasteiger partial charge in [0.05, 0.1) is 27.7 Å². The Morgan fingerprint density at radius 3 is 2.37 bits per heavy atom. The lowest BCUT2D eigenvalue weighted by Gasteiger charge is -2.09. The summed E-state index contributed by atoms with van der Waals surface area (Å²) < 4.78 is 29.5. The summed E-state index contributed by atoms with van der Waals surface area (Å²) in [6.07, 6.45) is 1.53. The molecule has 0 saturated heterocycles. The maximum atomic E-state index is 12.2. The number of hydrogen-bond donors (Lipinski definition) is 1. The van der Waals surface area contributed by atoms with E-state index in [9.17, 15) is 13.2 Å². The highest BCUT2D eigenvalue weighted by atomic mass is 32.2. The van der Waals surface area contributed by atoms with Crippen molar-refractivity contribution in [3.05, 3.63) is 42.0 Å². The van der Waals surface area contributed by atoms with Gasteiger partial charge in [0.1, 0.15) is 5.69 Å². The van der Waals surface area contributed by atoms with Crippen LogP contribution < -0.4 is 0 Å². The van der Waals surface area contributed by atoms with Crippen LogP contribution in [0.15, 0.2) is 39.8 Å². The summed E-state index contributed by atoms with van der Waals surface area (Å²) in [4.78, 5) is 19.8. The molecule has 10 heteroatoms. The highest BCUT2D eigenvalue weighted by Gasteiger charge is 2.20. The minimum atomic E-state index is -3.36. The quantitative estimate of drug-likeness (QED) is 0.698. The average Bonchev–Trinajstić information content (AvgIpc) is 3.12. The minimum absolute atomic E-state index is 0.0572. The molecule has 140 valence electrons. The molecule has 0 aliphatic rings. The van der Waals surface area contributed by atoms with Crippen LogP contribution in [-0.2, 0) is 9.84 Å². The standard InChI is InChI=1S/C17H16N4O5S/c1-9(2)27(24,25)12-6-4-11(5-7-12)13-8-18-10(3)14(19-13)15-20-21-16(26-15)17(22)23/h4-9H,1-3H3,(H,22,23). The molecule has 1 N–H and O–H groups in total. The number of sulfone groups is 1. The van der Waals surface area contributed by atoms with Gasteiger partial charge in [-0.25, -0.2) is 18.2 Å². The Bertz CT molecular complexity index is 1100. The van der Waals surface area contributed by atoms with Gasteiger partial charge in [-0.15, -0.1) is 10.2 Å². The van der Waals surface area contributed by atoms with Crippen LogP contribution in [-0.4, -0.2) is 44.9 Å². The number of benzene rings is 1. The van der Waals surface area contributed by atoms with Crippen LogP contribution in [0.5, 0.6) is 0 Å². The first-order valence-electron chi connectivity index (χ1n) is 7.95. The van der Waals surface area contributed by atoms with Gasteiger partial charge in [0.25, 0.3) is 5.89 Å². The fraction of sp³-hybridized carbons (Fsp3) is 0.235. The van der Waals surface area contributed by atoms with Gasteiger partial charge >= 0.3 is 11.9 Å². The highest BCUT2D eigenvalue weighted by molar-refractivity contribution is 7.92. The predicted molar refractivity (Wildman–Crippen MR) is 94.8 cm³/mol. The smallest absolute Gasteiger partial charge is 0.393 e. The fourth-order valence-electron chi connectivity index (χ4n) is 2.28. The lowest BCUT2D eigenvalue weighted by Crippen LogP contribution is -2.13. The van der Waals surface area contributed by atoms with E-state index in [0.717, 1.165) is 0 Å². The summed E-state index contributed by atoms with van der Waals surface area (Å²) in [5.74, 6) is -1.93. The number of carboxylic acid groups (broad SMARTS) is 1. The number of carbonyl (C=O) groups is 1. The normalized spacial score (nSPS) is 11.7. The van der Waals surface area contributed by atoms with Crippen molar-refractivity contribution in [1.29, 1.82) is 0 Å². The van der Waals surface area contributed by atoms with Crippen molar-refractivity contribution in [1.82, 2.24) is 20.2 Å². The van der Waals surface area contributed by atoms with Gasteiger partial charge in [0.15, 0.2) is 9.84 Å². The molecule has 1 aromatic carbocycles. The molecule has 2 aromatic heterocycles. The van der Waals surface area contributed by atoms with Crippen molar-refractivity contribution < 1.29 is 22.7 Å². The van der Waals surface area contributed by atoms with Crippen LogP contribution in [0, 0.1) is 6.92 Å². The van der Waals surface area contributed by atoms with Gasteiger partial charge in [-0.2, -0.15) is 0 Å². The van der Waals surface area contributed by atoms with Crippen molar-refractivity contribution >= 4 is 15.8 Å². The molecule has 0 fully saturated rings. The Labute approximate surface area is 155 Å². The lowest BCUT2D eigenvalue weighted by atomic mass is 10.1. The molecule has 0 unspecified atom stereocenters. The largest absolute Gasteiger partial charge is 0.474 e.